The molecule has 0 radical (unpaired) electrons. The van der Waals surface area contributed by atoms with Gasteiger partial charge in [-0.05, 0) is 74.4 Å². The first-order valence-corrected chi connectivity index (χ1v) is 14.0. The zero-order chi connectivity index (χ0) is 29.5. The first-order valence-electron chi connectivity index (χ1n) is 14.0. The van der Waals surface area contributed by atoms with Gasteiger partial charge < -0.3 is 23.7 Å². The molecule has 2 aromatic carbocycles. The lowest BCUT2D eigenvalue weighted by atomic mass is 9.83. The second kappa shape index (κ2) is 13.5. The number of rotatable bonds is 6. The van der Waals surface area contributed by atoms with Crippen molar-refractivity contribution in [3.63, 3.8) is 0 Å². The normalized spacial score (nSPS) is 19.7. The Hall–Kier alpha value is -4.07. The van der Waals surface area contributed by atoms with Crippen LogP contribution in [0.3, 0.4) is 0 Å². The first kappa shape index (κ1) is 29.9. The Morgan fingerprint density at radius 3 is 2.56 bits per heavy atom. The van der Waals surface area contributed by atoms with Crippen LogP contribution in [-0.2, 0) is 14.3 Å². The molecule has 2 aromatic rings. The summed E-state index contributed by atoms with van der Waals surface area (Å²) in [5, 5.41) is 0. The zero-order valence-electron chi connectivity index (χ0n) is 24.2. The quantitative estimate of drug-likeness (QED) is 0.221. The Bertz CT molecular complexity index is 1360. The number of methoxy groups -OCH3 is 2. The van der Waals surface area contributed by atoms with Crippen LogP contribution < -0.4 is 18.9 Å². The summed E-state index contributed by atoms with van der Waals surface area (Å²) in [6.07, 6.45) is 6.98. The molecule has 0 aliphatic carbocycles. The van der Waals surface area contributed by atoms with Crippen molar-refractivity contribution >= 4 is 23.8 Å². The number of esters is 2. The van der Waals surface area contributed by atoms with Crippen molar-refractivity contribution in [2.24, 2.45) is 0 Å². The summed E-state index contributed by atoms with van der Waals surface area (Å²) >= 11 is 0. The van der Waals surface area contributed by atoms with Gasteiger partial charge in [-0.3, -0.25) is 9.59 Å². The van der Waals surface area contributed by atoms with E-state index in [0.29, 0.717) is 72.8 Å². The van der Waals surface area contributed by atoms with Crippen LogP contribution in [0, 0.1) is 0 Å². The molecule has 0 unspecified atom stereocenters. The Morgan fingerprint density at radius 1 is 1.05 bits per heavy atom. The molecule has 2 atom stereocenters. The number of carbonyl (C=O) groups is 3. The van der Waals surface area contributed by atoms with Gasteiger partial charge in [0.2, 0.25) is 0 Å². The molecule has 2 aliphatic heterocycles. The molecular formula is C33H38O8. The largest absolute Gasteiger partial charge is 0.495 e. The Labute approximate surface area is 241 Å². The highest BCUT2D eigenvalue weighted by Gasteiger charge is 2.36. The average molecular weight is 563 g/mol. The molecule has 2 aliphatic rings. The SMILES string of the molecule is C=C(C)COc1ccc([C@H]2CC(=O)Oc3cc4c(c(OC)c32)C(=O)O[C@@H](C)CCCC(=O)CCCC=C4)cc1OC. The third kappa shape index (κ3) is 7.17. The third-order valence-electron chi connectivity index (χ3n) is 7.23. The van der Waals surface area contributed by atoms with Gasteiger partial charge in [0.1, 0.15) is 29.5 Å². The van der Waals surface area contributed by atoms with Crippen molar-refractivity contribution in [1.29, 1.82) is 0 Å². The maximum atomic E-state index is 13.6. The second-order valence-corrected chi connectivity index (χ2v) is 10.6. The van der Waals surface area contributed by atoms with Crippen molar-refractivity contribution in [2.75, 3.05) is 20.8 Å². The third-order valence-corrected chi connectivity index (χ3v) is 7.23. The fourth-order valence-electron chi connectivity index (χ4n) is 5.22. The second-order valence-electron chi connectivity index (χ2n) is 10.6. The number of allylic oxidation sites excluding steroid dienone is 1. The van der Waals surface area contributed by atoms with Crippen LogP contribution in [0.4, 0.5) is 0 Å². The predicted octanol–water partition coefficient (Wildman–Crippen LogP) is 6.58. The van der Waals surface area contributed by atoms with E-state index in [9.17, 15) is 14.4 Å². The minimum absolute atomic E-state index is 0.0482. The number of Topliss-reactive ketones (excluding diaryl/α,β-unsaturated/α-hetero) is 1. The van der Waals surface area contributed by atoms with E-state index in [0.717, 1.165) is 17.6 Å². The average Bonchev–Trinajstić information content (AvgIpc) is 2.93. The smallest absolute Gasteiger partial charge is 0.342 e. The highest BCUT2D eigenvalue weighted by atomic mass is 16.5. The highest BCUT2D eigenvalue weighted by Crippen LogP contribution is 2.48. The molecular weight excluding hydrogens is 524 g/mol. The van der Waals surface area contributed by atoms with Crippen LogP contribution in [0.1, 0.15) is 91.8 Å². The Morgan fingerprint density at radius 2 is 1.83 bits per heavy atom. The van der Waals surface area contributed by atoms with Crippen molar-refractivity contribution in [3.8, 4) is 23.0 Å². The van der Waals surface area contributed by atoms with Gasteiger partial charge in [-0.25, -0.2) is 4.79 Å². The molecule has 8 nitrogen and oxygen atoms in total. The maximum absolute atomic E-state index is 13.6. The molecule has 0 fully saturated rings. The number of ketones is 1. The van der Waals surface area contributed by atoms with E-state index in [-0.39, 0.29) is 23.9 Å². The number of hydrogen-bond donors (Lipinski definition) is 0. The molecule has 4 rings (SSSR count). The summed E-state index contributed by atoms with van der Waals surface area (Å²) < 4.78 is 28.9. The predicted molar refractivity (Wildman–Crippen MR) is 155 cm³/mol. The van der Waals surface area contributed by atoms with Crippen LogP contribution in [0.5, 0.6) is 23.0 Å². The molecule has 0 saturated heterocycles. The van der Waals surface area contributed by atoms with E-state index in [1.54, 1.807) is 25.3 Å². The molecule has 2 heterocycles. The standard InChI is InChI=1S/C33H38O8/c1-20(2)19-39-26-15-14-22(16-27(26)37-4)25-18-29(35)41-28-17-23-11-7-6-8-12-24(34)13-9-10-21(3)40-33(36)30(23)32(38-5)31(25)28/h7,11,14-17,21,25H,1,6,8-10,12-13,18-19H2,2-5H3/t21-,25+/m0/s1. The van der Waals surface area contributed by atoms with Gasteiger partial charge >= 0.3 is 11.9 Å². The van der Waals surface area contributed by atoms with Gasteiger partial charge in [0.05, 0.1) is 26.7 Å². The molecule has 0 aromatic heterocycles. The van der Waals surface area contributed by atoms with Crippen molar-refractivity contribution in [1.82, 2.24) is 0 Å². The van der Waals surface area contributed by atoms with Crippen LogP contribution >= 0.6 is 0 Å². The lowest BCUT2D eigenvalue weighted by molar-refractivity contribution is -0.135. The Balaban J connectivity index is 1.82. The molecule has 8 heteroatoms. The summed E-state index contributed by atoms with van der Waals surface area (Å²) in [4.78, 5) is 38.6. The van der Waals surface area contributed by atoms with E-state index in [1.807, 2.05) is 32.1 Å². The molecule has 0 saturated carbocycles. The van der Waals surface area contributed by atoms with Crippen LogP contribution in [0.2, 0.25) is 0 Å². The minimum Gasteiger partial charge on any atom is -0.495 e. The monoisotopic (exact) mass is 562 g/mol. The fourth-order valence-corrected chi connectivity index (χ4v) is 5.22. The highest BCUT2D eigenvalue weighted by molar-refractivity contribution is 5.99. The van der Waals surface area contributed by atoms with E-state index >= 15 is 0 Å². The maximum Gasteiger partial charge on any atom is 0.342 e. The number of cyclic esters (lactones) is 1. The van der Waals surface area contributed by atoms with E-state index < -0.39 is 17.9 Å². The zero-order valence-corrected chi connectivity index (χ0v) is 24.2. The van der Waals surface area contributed by atoms with Crippen LogP contribution in [0.15, 0.2) is 42.5 Å². The first-order chi connectivity index (χ1) is 19.7. The van der Waals surface area contributed by atoms with Gasteiger partial charge in [0.25, 0.3) is 0 Å². The molecule has 0 N–H and O–H groups in total. The topological polar surface area (TPSA) is 97.4 Å². The molecule has 0 amide bonds. The van der Waals surface area contributed by atoms with Gasteiger partial charge in [0, 0.05) is 24.3 Å². The van der Waals surface area contributed by atoms with Gasteiger partial charge in [0.15, 0.2) is 11.5 Å². The van der Waals surface area contributed by atoms with Gasteiger partial charge in [-0.1, -0.05) is 24.8 Å². The van der Waals surface area contributed by atoms with Crippen molar-refractivity contribution in [3.05, 3.63) is 64.7 Å². The number of carbonyl (C=O) groups excluding carboxylic acids is 3. The summed E-state index contributed by atoms with van der Waals surface area (Å²) in [6.45, 7) is 7.92. The van der Waals surface area contributed by atoms with E-state index in [2.05, 4.69) is 6.58 Å². The number of ether oxygens (including phenoxy) is 5. The summed E-state index contributed by atoms with van der Waals surface area (Å²) in [5.41, 5.74) is 3.04. The molecule has 0 bridgehead atoms. The van der Waals surface area contributed by atoms with E-state index in [1.165, 1.54) is 7.11 Å². The van der Waals surface area contributed by atoms with E-state index in [4.69, 9.17) is 23.7 Å². The molecule has 218 valence electrons. The lowest BCUT2D eigenvalue weighted by Gasteiger charge is -2.29. The molecule has 0 spiro atoms. The van der Waals surface area contributed by atoms with Gasteiger partial charge in [-0.2, -0.15) is 0 Å². The summed E-state index contributed by atoms with van der Waals surface area (Å²) in [6, 6.07) is 7.19. The number of fused-ring (bicyclic) bond motifs is 2. The molecule has 41 heavy (non-hydrogen) atoms. The van der Waals surface area contributed by atoms with Crippen molar-refractivity contribution < 1.29 is 38.1 Å². The van der Waals surface area contributed by atoms with Crippen LogP contribution in [-0.4, -0.2) is 44.7 Å². The minimum atomic E-state index is -0.531. The number of hydrogen-bond acceptors (Lipinski definition) is 8. The number of benzene rings is 2. The van der Waals surface area contributed by atoms with Crippen molar-refractivity contribution in [2.45, 2.75) is 70.8 Å². The Kier molecular flexibility index (Phi) is 9.86. The van der Waals surface area contributed by atoms with Gasteiger partial charge in [-0.15, -0.1) is 0 Å². The van der Waals surface area contributed by atoms with Crippen LogP contribution in [0.25, 0.3) is 6.08 Å². The lowest BCUT2D eigenvalue weighted by Crippen LogP contribution is -2.24. The summed E-state index contributed by atoms with van der Waals surface area (Å²) in [5.74, 6) is 0.516. The summed E-state index contributed by atoms with van der Waals surface area (Å²) in [7, 11) is 3.05. The fraction of sp³-hybridized carbons (Fsp3) is 0.424.